The van der Waals surface area contributed by atoms with Gasteiger partial charge in [-0.05, 0) is 47.9 Å². The summed E-state index contributed by atoms with van der Waals surface area (Å²) >= 11 is 0. The van der Waals surface area contributed by atoms with Crippen molar-refractivity contribution in [2.24, 2.45) is 5.10 Å². The molecule has 8 heteroatoms. The fraction of sp³-hybridized carbons (Fsp3) is 0.241. The molecule has 6 rings (SSSR count). The summed E-state index contributed by atoms with van der Waals surface area (Å²) in [5, 5.41) is 7.50. The Labute approximate surface area is 215 Å². The van der Waals surface area contributed by atoms with Gasteiger partial charge < -0.3 is 19.2 Å². The summed E-state index contributed by atoms with van der Waals surface area (Å²) in [6, 6.07) is 21.3. The second-order valence-electron chi connectivity index (χ2n) is 9.21. The van der Waals surface area contributed by atoms with E-state index in [1.807, 2.05) is 48.5 Å². The number of nitrogens with one attached hydrogen (secondary N) is 1. The van der Waals surface area contributed by atoms with E-state index in [1.165, 1.54) is 10.9 Å². The molecule has 3 aromatic carbocycles. The SMILES string of the molecule is COc1cccc([C@H]2N(/N=C\c3ccc(OC)cc3OC)C(=O)[C@H]3Cc4c([nH]c5ccccc45)CN32)c1. The first-order chi connectivity index (χ1) is 18.1. The van der Waals surface area contributed by atoms with Gasteiger partial charge in [-0.2, -0.15) is 5.10 Å². The highest BCUT2D eigenvalue weighted by Crippen LogP contribution is 2.42. The van der Waals surface area contributed by atoms with E-state index in [-0.39, 0.29) is 18.1 Å². The molecule has 1 amide bonds. The average molecular weight is 497 g/mol. The van der Waals surface area contributed by atoms with Crippen molar-refractivity contribution in [1.82, 2.24) is 14.9 Å². The molecule has 0 aliphatic carbocycles. The van der Waals surface area contributed by atoms with E-state index in [9.17, 15) is 4.79 Å². The molecule has 2 aliphatic heterocycles. The molecule has 8 nitrogen and oxygen atoms in total. The maximum atomic E-state index is 13.9. The molecule has 2 atom stereocenters. The first-order valence-corrected chi connectivity index (χ1v) is 12.2. The number of carbonyl (C=O) groups excluding carboxylic acids is 1. The Morgan fingerprint density at radius 3 is 2.57 bits per heavy atom. The lowest BCUT2D eigenvalue weighted by molar-refractivity contribution is -0.130. The van der Waals surface area contributed by atoms with Gasteiger partial charge in [0.2, 0.25) is 0 Å². The van der Waals surface area contributed by atoms with Crippen LogP contribution < -0.4 is 14.2 Å². The molecule has 1 saturated heterocycles. The molecule has 0 unspecified atom stereocenters. The summed E-state index contributed by atoms with van der Waals surface area (Å²) in [7, 11) is 4.86. The van der Waals surface area contributed by atoms with Gasteiger partial charge in [0.25, 0.3) is 5.91 Å². The van der Waals surface area contributed by atoms with Gasteiger partial charge in [-0.3, -0.25) is 9.69 Å². The van der Waals surface area contributed by atoms with Gasteiger partial charge in [-0.1, -0.05) is 30.3 Å². The minimum absolute atomic E-state index is 0.0347. The van der Waals surface area contributed by atoms with Crippen LogP contribution >= 0.6 is 0 Å². The number of benzene rings is 3. The zero-order valence-electron chi connectivity index (χ0n) is 21.0. The van der Waals surface area contributed by atoms with Crippen LogP contribution in [0, 0.1) is 0 Å². The maximum Gasteiger partial charge on any atom is 0.262 e. The number of aromatic amines is 1. The molecule has 37 heavy (non-hydrogen) atoms. The van der Waals surface area contributed by atoms with E-state index in [0.29, 0.717) is 24.5 Å². The summed E-state index contributed by atoms with van der Waals surface area (Å²) in [5.41, 5.74) is 5.13. The van der Waals surface area contributed by atoms with Gasteiger partial charge >= 0.3 is 0 Å². The number of nitrogens with zero attached hydrogens (tertiary/aromatic N) is 3. The van der Waals surface area contributed by atoms with Crippen LogP contribution in [0.25, 0.3) is 10.9 Å². The Balaban J connectivity index is 1.41. The molecule has 1 N–H and O–H groups in total. The number of carbonyl (C=O) groups is 1. The van der Waals surface area contributed by atoms with E-state index in [2.05, 4.69) is 22.0 Å². The number of fused-ring (bicyclic) bond motifs is 4. The molecular formula is C29H28N4O4. The van der Waals surface area contributed by atoms with Crippen LogP contribution in [-0.2, 0) is 17.8 Å². The molecule has 3 heterocycles. The van der Waals surface area contributed by atoms with E-state index < -0.39 is 0 Å². The van der Waals surface area contributed by atoms with Crippen LogP contribution in [0.15, 0.2) is 71.8 Å². The third kappa shape index (κ3) is 3.90. The Morgan fingerprint density at radius 2 is 1.76 bits per heavy atom. The molecule has 4 aromatic rings. The van der Waals surface area contributed by atoms with Crippen LogP contribution in [0.5, 0.6) is 17.2 Å². The monoisotopic (exact) mass is 496 g/mol. The van der Waals surface area contributed by atoms with Crippen molar-refractivity contribution >= 4 is 23.0 Å². The van der Waals surface area contributed by atoms with E-state index in [1.54, 1.807) is 38.6 Å². The summed E-state index contributed by atoms with van der Waals surface area (Å²) < 4.78 is 16.3. The Hall–Kier alpha value is -4.30. The van der Waals surface area contributed by atoms with Gasteiger partial charge in [0, 0.05) is 34.8 Å². The van der Waals surface area contributed by atoms with Gasteiger partial charge in [0.05, 0.1) is 33.6 Å². The minimum atomic E-state index is -0.382. The normalized spacial score (nSPS) is 19.3. The number of ether oxygens (including phenoxy) is 3. The number of aromatic nitrogens is 1. The van der Waals surface area contributed by atoms with E-state index in [4.69, 9.17) is 19.3 Å². The lowest BCUT2D eigenvalue weighted by Gasteiger charge is -2.32. The smallest absolute Gasteiger partial charge is 0.262 e. The fourth-order valence-corrected chi connectivity index (χ4v) is 5.43. The molecule has 0 radical (unpaired) electrons. The Kier molecular flexibility index (Phi) is 5.81. The number of para-hydroxylation sites is 1. The van der Waals surface area contributed by atoms with Crippen LogP contribution in [0.3, 0.4) is 0 Å². The number of methoxy groups -OCH3 is 3. The largest absolute Gasteiger partial charge is 0.497 e. The fourth-order valence-electron chi connectivity index (χ4n) is 5.43. The standard InChI is InChI=1S/C29H28N4O4/c1-35-20-8-6-7-18(13-20)28-32-17-25-23(22-9-4-5-10-24(22)31-25)15-26(32)29(34)33(28)30-16-19-11-12-21(36-2)14-27(19)37-3/h4-14,16,26,28,31H,15,17H2,1-3H3/b30-16-/t26-,28-/m1/s1. The Morgan fingerprint density at radius 1 is 0.946 bits per heavy atom. The highest BCUT2D eigenvalue weighted by molar-refractivity contribution is 5.91. The first-order valence-electron chi connectivity index (χ1n) is 12.2. The highest BCUT2D eigenvalue weighted by atomic mass is 16.5. The van der Waals surface area contributed by atoms with Crippen molar-refractivity contribution in [2.45, 2.75) is 25.2 Å². The van der Waals surface area contributed by atoms with Gasteiger partial charge in [0.15, 0.2) is 0 Å². The zero-order chi connectivity index (χ0) is 25.5. The number of hydrogen-bond donors (Lipinski definition) is 1. The van der Waals surface area contributed by atoms with Gasteiger partial charge in [-0.25, -0.2) is 5.01 Å². The zero-order valence-corrected chi connectivity index (χ0v) is 21.0. The van der Waals surface area contributed by atoms with Crippen LogP contribution in [-0.4, -0.2) is 54.4 Å². The van der Waals surface area contributed by atoms with Crippen molar-refractivity contribution in [1.29, 1.82) is 0 Å². The third-order valence-electron chi connectivity index (χ3n) is 7.25. The second kappa shape index (κ2) is 9.29. The molecule has 0 bridgehead atoms. The second-order valence-corrected chi connectivity index (χ2v) is 9.21. The summed E-state index contributed by atoms with van der Waals surface area (Å²) in [6.07, 6.45) is 1.92. The quantitative estimate of drug-likeness (QED) is 0.398. The molecule has 0 saturated carbocycles. The van der Waals surface area contributed by atoms with E-state index in [0.717, 1.165) is 28.1 Å². The summed E-state index contributed by atoms with van der Waals surface area (Å²) in [6.45, 7) is 0.611. The predicted molar refractivity (Wildman–Crippen MR) is 141 cm³/mol. The molecular weight excluding hydrogens is 468 g/mol. The molecule has 0 spiro atoms. The predicted octanol–water partition coefficient (Wildman–Crippen LogP) is 4.50. The van der Waals surface area contributed by atoms with Crippen LogP contribution in [0.2, 0.25) is 0 Å². The molecule has 1 aromatic heterocycles. The summed E-state index contributed by atoms with van der Waals surface area (Å²) in [5.74, 6) is 2.00. The van der Waals surface area contributed by atoms with Crippen molar-refractivity contribution in [3.8, 4) is 17.2 Å². The maximum absolute atomic E-state index is 13.9. The lowest BCUT2D eigenvalue weighted by Crippen LogP contribution is -2.39. The van der Waals surface area contributed by atoms with Crippen molar-refractivity contribution < 1.29 is 19.0 Å². The molecule has 188 valence electrons. The number of H-pyrrole nitrogens is 1. The highest BCUT2D eigenvalue weighted by Gasteiger charge is 2.49. The third-order valence-corrected chi connectivity index (χ3v) is 7.25. The van der Waals surface area contributed by atoms with Crippen LogP contribution in [0.1, 0.15) is 28.6 Å². The summed E-state index contributed by atoms with van der Waals surface area (Å²) in [4.78, 5) is 19.7. The molecule has 1 fully saturated rings. The van der Waals surface area contributed by atoms with Crippen molar-refractivity contribution in [2.75, 3.05) is 21.3 Å². The topological polar surface area (TPSA) is 79.4 Å². The number of amides is 1. The number of hydrazone groups is 1. The minimum Gasteiger partial charge on any atom is -0.497 e. The van der Waals surface area contributed by atoms with Gasteiger partial charge in [-0.15, -0.1) is 0 Å². The van der Waals surface area contributed by atoms with E-state index >= 15 is 0 Å². The Bertz CT molecular complexity index is 1510. The first kappa shape index (κ1) is 23.1. The number of hydrogen-bond acceptors (Lipinski definition) is 6. The number of rotatable bonds is 6. The molecule has 2 aliphatic rings. The lowest BCUT2D eigenvalue weighted by atomic mass is 9.97. The van der Waals surface area contributed by atoms with Crippen molar-refractivity contribution in [3.05, 3.63) is 89.1 Å². The van der Waals surface area contributed by atoms with Gasteiger partial charge in [0.1, 0.15) is 23.4 Å². The van der Waals surface area contributed by atoms with Crippen molar-refractivity contribution in [3.63, 3.8) is 0 Å². The van der Waals surface area contributed by atoms with Crippen LogP contribution in [0.4, 0.5) is 0 Å². The average Bonchev–Trinajstić information content (AvgIpc) is 3.44.